The molecule has 0 spiro atoms. The number of nitrogen functional groups attached to an aromatic ring is 1. The quantitative estimate of drug-likeness (QED) is 0.430. The van der Waals surface area contributed by atoms with Crippen LogP contribution in [0.15, 0.2) is 57.9 Å². The second-order valence-electron chi connectivity index (χ2n) is 4.71. The van der Waals surface area contributed by atoms with Gasteiger partial charge in [-0.15, -0.1) is 0 Å². The van der Waals surface area contributed by atoms with Gasteiger partial charge in [-0.2, -0.15) is 0 Å². The van der Waals surface area contributed by atoms with Gasteiger partial charge in [-0.05, 0) is 22.9 Å². The number of thiazole rings is 1. The molecule has 0 unspecified atom stereocenters. The molecule has 4 aromatic rings. The third-order valence-corrected chi connectivity index (χ3v) is 4.29. The highest BCUT2D eigenvalue weighted by Crippen LogP contribution is 2.30. The summed E-state index contributed by atoms with van der Waals surface area (Å²) >= 11 is 1.28. The summed E-state index contributed by atoms with van der Waals surface area (Å²) in [6, 6.07) is 13.6. The lowest BCUT2D eigenvalue weighted by molar-refractivity contribution is 0.564. The Morgan fingerprint density at radius 1 is 1.10 bits per heavy atom. The van der Waals surface area contributed by atoms with Crippen molar-refractivity contribution in [2.75, 3.05) is 5.73 Å². The van der Waals surface area contributed by atoms with E-state index >= 15 is 0 Å². The van der Waals surface area contributed by atoms with Crippen molar-refractivity contribution in [1.82, 2.24) is 4.98 Å². The first-order valence-electron chi connectivity index (χ1n) is 6.40. The van der Waals surface area contributed by atoms with Gasteiger partial charge < -0.3 is 10.2 Å². The van der Waals surface area contributed by atoms with Crippen molar-refractivity contribution < 1.29 is 4.42 Å². The summed E-state index contributed by atoms with van der Waals surface area (Å²) in [6.07, 6.45) is 1.60. The van der Waals surface area contributed by atoms with Crippen LogP contribution in [0, 0.1) is 0 Å². The first kappa shape index (κ1) is 12.1. The second kappa shape index (κ2) is 4.43. The fourth-order valence-corrected chi connectivity index (χ4v) is 3.14. The van der Waals surface area contributed by atoms with Gasteiger partial charge in [0.15, 0.2) is 5.13 Å². The number of hydrogen-bond acceptors (Lipinski definition) is 5. The average Bonchev–Trinajstić information content (AvgIpc) is 2.92. The topological polar surface area (TPSA) is 69.1 Å². The van der Waals surface area contributed by atoms with Crippen LogP contribution in [0.1, 0.15) is 0 Å². The van der Waals surface area contributed by atoms with Gasteiger partial charge in [0.1, 0.15) is 5.58 Å². The van der Waals surface area contributed by atoms with E-state index in [1.807, 2.05) is 42.5 Å². The van der Waals surface area contributed by atoms with E-state index in [1.54, 1.807) is 6.20 Å². The van der Waals surface area contributed by atoms with Gasteiger partial charge in [-0.3, -0.25) is 0 Å². The maximum Gasteiger partial charge on any atom is 0.345 e. The van der Waals surface area contributed by atoms with Gasteiger partial charge in [0.05, 0.1) is 10.4 Å². The van der Waals surface area contributed by atoms with Gasteiger partial charge in [0, 0.05) is 11.6 Å². The number of nitrogens with zero attached hydrogens (tertiary/aromatic N) is 1. The van der Waals surface area contributed by atoms with Crippen molar-refractivity contribution in [2.24, 2.45) is 0 Å². The van der Waals surface area contributed by atoms with E-state index in [2.05, 4.69) is 4.98 Å². The van der Waals surface area contributed by atoms with Crippen molar-refractivity contribution >= 4 is 38.2 Å². The van der Waals surface area contributed by atoms with E-state index in [1.165, 1.54) is 11.3 Å². The van der Waals surface area contributed by atoms with Gasteiger partial charge in [0.2, 0.25) is 0 Å². The van der Waals surface area contributed by atoms with Crippen LogP contribution in [0.2, 0.25) is 0 Å². The zero-order valence-electron chi connectivity index (χ0n) is 10.9. The normalized spacial score (nSPS) is 11.2. The number of anilines is 1. The summed E-state index contributed by atoms with van der Waals surface area (Å²) in [7, 11) is 0. The summed E-state index contributed by atoms with van der Waals surface area (Å²) in [6.45, 7) is 0. The molecular weight excluding hydrogens is 284 g/mol. The molecule has 0 atom stereocenters. The van der Waals surface area contributed by atoms with Crippen LogP contribution in [-0.2, 0) is 0 Å². The van der Waals surface area contributed by atoms with Crippen molar-refractivity contribution in [1.29, 1.82) is 0 Å². The lowest BCUT2D eigenvalue weighted by Crippen LogP contribution is -2.01. The fourth-order valence-electron chi connectivity index (χ4n) is 2.46. The van der Waals surface area contributed by atoms with Crippen molar-refractivity contribution in [3.8, 4) is 10.4 Å². The summed E-state index contributed by atoms with van der Waals surface area (Å²) in [5.41, 5.74) is 6.35. The number of rotatable bonds is 1. The molecule has 0 aliphatic rings. The van der Waals surface area contributed by atoms with E-state index in [0.717, 1.165) is 21.0 Å². The predicted molar refractivity (Wildman–Crippen MR) is 85.5 cm³/mol. The zero-order chi connectivity index (χ0) is 14.4. The van der Waals surface area contributed by atoms with E-state index in [-0.39, 0.29) is 5.63 Å². The number of nitrogens with two attached hydrogens (primary N) is 1. The summed E-state index contributed by atoms with van der Waals surface area (Å²) in [5, 5.41) is 3.50. The predicted octanol–water partition coefficient (Wildman–Crippen LogP) is 3.65. The minimum absolute atomic E-state index is 0.374. The highest BCUT2D eigenvalue weighted by atomic mass is 32.1. The minimum atomic E-state index is -0.374. The van der Waals surface area contributed by atoms with Crippen LogP contribution < -0.4 is 11.4 Å². The smallest absolute Gasteiger partial charge is 0.345 e. The molecule has 0 saturated carbocycles. The van der Waals surface area contributed by atoms with Crippen LogP contribution in [0.5, 0.6) is 0 Å². The maximum absolute atomic E-state index is 12.2. The molecule has 102 valence electrons. The van der Waals surface area contributed by atoms with E-state index in [9.17, 15) is 4.79 Å². The van der Waals surface area contributed by atoms with Gasteiger partial charge >= 0.3 is 5.63 Å². The number of hydrogen-bond donors (Lipinski definition) is 1. The Bertz CT molecular complexity index is 1030. The zero-order valence-corrected chi connectivity index (χ0v) is 11.7. The van der Waals surface area contributed by atoms with Crippen molar-refractivity contribution in [3.05, 3.63) is 59.1 Å². The number of fused-ring (bicyclic) bond motifs is 3. The maximum atomic E-state index is 12.2. The average molecular weight is 294 g/mol. The molecule has 0 aliphatic carbocycles. The van der Waals surface area contributed by atoms with Gasteiger partial charge in [0.25, 0.3) is 0 Å². The molecule has 0 amide bonds. The van der Waals surface area contributed by atoms with E-state index in [0.29, 0.717) is 16.3 Å². The molecule has 2 N–H and O–H groups in total. The lowest BCUT2D eigenvalue weighted by Gasteiger charge is -2.04. The Morgan fingerprint density at radius 2 is 1.95 bits per heavy atom. The Kier molecular flexibility index (Phi) is 2.55. The van der Waals surface area contributed by atoms with Crippen LogP contribution in [-0.4, -0.2) is 4.98 Å². The Morgan fingerprint density at radius 3 is 2.76 bits per heavy atom. The van der Waals surface area contributed by atoms with Crippen LogP contribution in [0.25, 0.3) is 32.2 Å². The standard InChI is InChI=1S/C16H10N2O2S/c17-16-18-8-14(21-16)12-7-11-10-4-2-1-3-9(10)5-6-13(11)20-15(12)19/h1-8H,(H2,17,18). The first-order valence-corrected chi connectivity index (χ1v) is 7.21. The Labute approximate surface area is 123 Å². The monoisotopic (exact) mass is 294 g/mol. The molecule has 0 aliphatic heterocycles. The minimum Gasteiger partial charge on any atom is -0.422 e. The highest BCUT2D eigenvalue weighted by molar-refractivity contribution is 7.18. The molecule has 4 rings (SSSR count). The highest BCUT2D eigenvalue weighted by Gasteiger charge is 2.12. The molecule has 0 radical (unpaired) electrons. The van der Waals surface area contributed by atoms with E-state index < -0.39 is 0 Å². The van der Waals surface area contributed by atoms with E-state index in [4.69, 9.17) is 10.2 Å². The molecule has 2 aromatic heterocycles. The molecular formula is C16H10N2O2S. The third kappa shape index (κ3) is 1.90. The van der Waals surface area contributed by atoms with Gasteiger partial charge in [-0.25, -0.2) is 9.78 Å². The summed E-state index contributed by atoms with van der Waals surface area (Å²) < 4.78 is 5.45. The molecule has 0 fully saturated rings. The molecule has 2 heterocycles. The van der Waals surface area contributed by atoms with Gasteiger partial charge in [-0.1, -0.05) is 41.7 Å². The molecule has 21 heavy (non-hydrogen) atoms. The largest absolute Gasteiger partial charge is 0.422 e. The van der Waals surface area contributed by atoms with Crippen molar-refractivity contribution in [3.63, 3.8) is 0 Å². The summed E-state index contributed by atoms with van der Waals surface area (Å²) in [4.78, 5) is 16.9. The third-order valence-electron chi connectivity index (χ3n) is 3.43. The molecule has 4 nitrogen and oxygen atoms in total. The molecule has 0 saturated heterocycles. The van der Waals surface area contributed by atoms with Crippen LogP contribution in [0.4, 0.5) is 5.13 Å². The van der Waals surface area contributed by atoms with Crippen molar-refractivity contribution in [2.45, 2.75) is 0 Å². The second-order valence-corrected chi connectivity index (χ2v) is 5.77. The molecule has 2 aromatic carbocycles. The van der Waals surface area contributed by atoms with Crippen LogP contribution >= 0.6 is 11.3 Å². The molecule has 0 bridgehead atoms. The Hall–Kier alpha value is -2.66. The fraction of sp³-hybridized carbons (Fsp3) is 0. The lowest BCUT2D eigenvalue weighted by atomic mass is 10.0. The summed E-state index contributed by atoms with van der Waals surface area (Å²) in [5.74, 6) is 0. The first-order chi connectivity index (χ1) is 10.2. The Balaban J connectivity index is 2.11. The number of aromatic nitrogens is 1. The number of benzene rings is 2. The molecule has 5 heteroatoms. The van der Waals surface area contributed by atoms with Crippen LogP contribution in [0.3, 0.4) is 0 Å². The SMILES string of the molecule is Nc1ncc(-c2cc3c(ccc4ccccc43)oc2=O)s1.